The highest BCUT2D eigenvalue weighted by molar-refractivity contribution is 5.73. The molecule has 1 fully saturated rings. The van der Waals surface area contributed by atoms with Crippen molar-refractivity contribution < 1.29 is 0 Å². The van der Waals surface area contributed by atoms with Crippen molar-refractivity contribution in [1.29, 1.82) is 0 Å². The number of aryl methyl sites for hydroxylation is 1. The summed E-state index contributed by atoms with van der Waals surface area (Å²) in [5, 5.41) is 3.67. The van der Waals surface area contributed by atoms with Crippen LogP contribution in [0.1, 0.15) is 30.4 Å². The van der Waals surface area contributed by atoms with Crippen molar-refractivity contribution in [1.82, 2.24) is 14.9 Å². The summed E-state index contributed by atoms with van der Waals surface area (Å²) in [5.74, 6) is 1.31. The van der Waals surface area contributed by atoms with E-state index in [9.17, 15) is 0 Å². The molecule has 2 aliphatic rings. The Kier molecular flexibility index (Phi) is 4.10. The molecule has 1 aromatic carbocycles. The Bertz CT molecular complexity index is 735. The van der Waals surface area contributed by atoms with Crippen LogP contribution in [0, 0.1) is 0 Å². The number of nitrogens with one attached hydrogen (secondary N) is 1. The van der Waals surface area contributed by atoms with Gasteiger partial charge in [-0.25, -0.2) is 4.98 Å². The summed E-state index contributed by atoms with van der Waals surface area (Å²) < 4.78 is 0. The Morgan fingerprint density at radius 1 is 1.12 bits per heavy atom. The molecule has 126 valence electrons. The fourth-order valence-electron chi connectivity index (χ4n) is 3.85. The molecule has 1 aliphatic carbocycles. The lowest BCUT2D eigenvalue weighted by atomic mass is 10.0. The maximum Gasteiger partial charge on any atom is 0.222 e. The van der Waals surface area contributed by atoms with Gasteiger partial charge in [0, 0.05) is 17.2 Å². The van der Waals surface area contributed by atoms with E-state index in [1.54, 1.807) is 0 Å². The van der Waals surface area contributed by atoms with E-state index in [0.717, 1.165) is 56.7 Å². The maximum atomic E-state index is 6.05. The van der Waals surface area contributed by atoms with Gasteiger partial charge in [0.1, 0.15) is 5.82 Å². The fraction of sp³-hybridized carbons (Fsp3) is 0.474. The van der Waals surface area contributed by atoms with Gasteiger partial charge in [0.2, 0.25) is 5.95 Å². The number of benzene rings is 1. The average molecular weight is 323 g/mol. The van der Waals surface area contributed by atoms with Gasteiger partial charge in [-0.3, -0.25) is 0 Å². The molecule has 1 aromatic heterocycles. The number of hydrogen-bond donors (Lipinski definition) is 2. The Morgan fingerprint density at radius 3 is 2.75 bits per heavy atom. The molecule has 0 amide bonds. The molecule has 2 aromatic rings. The Labute approximate surface area is 143 Å². The van der Waals surface area contributed by atoms with E-state index >= 15 is 0 Å². The molecular weight excluding hydrogens is 298 g/mol. The molecule has 2 heterocycles. The van der Waals surface area contributed by atoms with Crippen molar-refractivity contribution >= 4 is 11.8 Å². The fourth-order valence-corrected chi connectivity index (χ4v) is 3.85. The minimum absolute atomic E-state index is 0.362. The van der Waals surface area contributed by atoms with Crippen LogP contribution in [0.3, 0.4) is 0 Å². The summed E-state index contributed by atoms with van der Waals surface area (Å²) in [6, 6.07) is 9.01. The van der Waals surface area contributed by atoms with E-state index in [0.29, 0.717) is 12.0 Å². The molecule has 0 spiro atoms. The van der Waals surface area contributed by atoms with Gasteiger partial charge < -0.3 is 16.0 Å². The van der Waals surface area contributed by atoms with Gasteiger partial charge in [0.15, 0.2) is 0 Å². The van der Waals surface area contributed by atoms with Gasteiger partial charge in [-0.15, -0.1) is 0 Å². The first-order chi connectivity index (χ1) is 11.7. The number of fused-ring (bicyclic) bond motifs is 3. The molecule has 0 unspecified atom stereocenters. The number of likely N-dealkylation sites (tertiary alicyclic amines) is 1. The van der Waals surface area contributed by atoms with Crippen molar-refractivity contribution in [3.63, 3.8) is 0 Å². The highest BCUT2D eigenvalue weighted by atomic mass is 15.1. The molecule has 4 rings (SSSR count). The Hall–Kier alpha value is -2.14. The second-order valence-electron chi connectivity index (χ2n) is 6.99. The zero-order valence-electron chi connectivity index (χ0n) is 14.3. The standard InChI is InChI=1S/C19H25N5/c1-24-11-9-14(10-12-24)21-18-16-8-4-6-13-5-2-3-7-15(13)17(16)22-19(20)23-18/h2-3,5,7,14H,4,6,8-12H2,1H3,(H3,20,21,22,23). The molecule has 0 bridgehead atoms. The summed E-state index contributed by atoms with van der Waals surface area (Å²) in [5.41, 5.74) is 10.9. The van der Waals surface area contributed by atoms with Crippen LogP contribution in [-0.2, 0) is 12.8 Å². The summed E-state index contributed by atoms with van der Waals surface area (Å²) in [6.45, 7) is 2.26. The third-order valence-electron chi connectivity index (χ3n) is 5.23. The number of aromatic nitrogens is 2. The van der Waals surface area contributed by atoms with Crippen LogP contribution < -0.4 is 11.1 Å². The van der Waals surface area contributed by atoms with E-state index in [4.69, 9.17) is 5.73 Å². The van der Waals surface area contributed by atoms with Gasteiger partial charge in [-0.1, -0.05) is 24.3 Å². The molecular formula is C19H25N5. The van der Waals surface area contributed by atoms with E-state index in [1.165, 1.54) is 16.7 Å². The third kappa shape index (κ3) is 2.96. The van der Waals surface area contributed by atoms with Crippen molar-refractivity contribution in [2.45, 2.75) is 38.1 Å². The lowest BCUT2D eigenvalue weighted by Crippen LogP contribution is -2.37. The minimum Gasteiger partial charge on any atom is -0.368 e. The lowest BCUT2D eigenvalue weighted by molar-refractivity contribution is 0.263. The number of piperidine rings is 1. The number of nitrogen functional groups attached to an aromatic ring is 1. The molecule has 3 N–H and O–H groups in total. The predicted molar refractivity (Wildman–Crippen MR) is 98.0 cm³/mol. The van der Waals surface area contributed by atoms with Crippen LogP contribution >= 0.6 is 0 Å². The monoisotopic (exact) mass is 323 g/mol. The van der Waals surface area contributed by atoms with E-state index in [-0.39, 0.29) is 0 Å². The minimum atomic E-state index is 0.362. The van der Waals surface area contributed by atoms with E-state index in [2.05, 4.69) is 51.5 Å². The van der Waals surface area contributed by atoms with E-state index < -0.39 is 0 Å². The predicted octanol–water partition coefficient (Wildman–Crippen LogP) is 2.72. The van der Waals surface area contributed by atoms with Crippen molar-refractivity contribution in [2.75, 3.05) is 31.2 Å². The van der Waals surface area contributed by atoms with Crippen LogP contribution in [0.5, 0.6) is 0 Å². The largest absolute Gasteiger partial charge is 0.368 e. The summed E-state index contributed by atoms with van der Waals surface area (Å²) >= 11 is 0. The van der Waals surface area contributed by atoms with Gasteiger partial charge >= 0.3 is 0 Å². The normalized spacial score (nSPS) is 18.5. The first-order valence-electron chi connectivity index (χ1n) is 8.90. The number of rotatable bonds is 2. The van der Waals surface area contributed by atoms with Crippen LogP contribution in [-0.4, -0.2) is 41.0 Å². The first kappa shape index (κ1) is 15.4. The number of hydrogen-bond acceptors (Lipinski definition) is 5. The summed E-state index contributed by atoms with van der Waals surface area (Å²) in [6.07, 6.45) is 5.50. The molecule has 24 heavy (non-hydrogen) atoms. The molecule has 0 atom stereocenters. The number of anilines is 2. The smallest absolute Gasteiger partial charge is 0.222 e. The molecule has 5 heteroatoms. The zero-order chi connectivity index (χ0) is 16.5. The quantitative estimate of drug-likeness (QED) is 0.889. The van der Waals surface area contributed by atoms with Crippen molar-refractivity contribution in [2.24, 2.45) is 0 Å². The maximum absolute atomic E-state index is 6.05. The highest BCUT2D eigenvalue weighted by Gasteiger charge is 2.23. The molecule has 0 radical (unpaired) electrons. The molecule has 5 nitrogen and oxygen atoms in total. The van der Waals surface area contributed by atoms with Crippen LogP contribution in [0.25, 0.3) is 11.3 Å². The Balaban J connectivity index is 1.71. The number of nitrogens with two attached hydrogens (primary N) is 1. The van der Waals surface area contributed by atoms with Crippen molar-refractivity contribution in [3.05, 3.63) is 35.4 Å². The third-order valence-corrected chi connectivity index (χ3v) is 5.23. The highest BCUT2D eigenvalue weighted by Crippen LogP contribution is 2.35. The topological polar surface area (TPSA) is 67.1 Å². The van der Waals surface area contributed by atoms with Gasteiger partial charge in [-0.05, 0) is 57.8 Å². The number of nitrogens with zero attached hydrogens (tertiary/aromatic N) is 3. The van der Waals surface area contributed by atoms with Crippen LogP contribution in [0.2, 0.25) is 0 Å². The molecule has 1 aliphatic heterocycles. The van der Waals surface area contributed by atoms with Gasteiger partial charge in [0.25, 0.3) is 0 Å². The second-order valence-corrected chi connectivity index (χ2v) is 6.99. The van der Waals surface area contributed by atoms with Gasteiger partial charge in [-0.2, -0.15) is 4.98 Å². The Morgan fingerprint density at radius 2 is 1.92 bits per heavy atom. The SMILES string of the molecule is CN1CCC(Nc2nc(N)nc3c2CCCc2ccccc2-3)CC1. The molecule has 1 saturated heterocycles. The van der Waals surface area contributed by atoms with Crippen molar-refractivity contribution in [3.8, 4) is 11.3 Å². The van der Waals surface area contributed by atoms with E-state index in [1.807, 2.05) is 0 Å². The lowest BCUT2D eigenvalue weighted by Gasteiger charge is -2.30. The van der Waals surface area contributed by atoms with Crippen LogP contribution in [0.4, 0.5) is 11.8 Å². The first-order valence-corrected chi connectivity index (χ1v) is 8.90. The summed E-state index contributed by atoms with van der Waals surface area (Å²) in [4.78, 5) is 11.5. The average Bonchev–Trinajstić information content (AvgIpc) is 2.77. The zero-order valence-corrected chi connectivity index (χ0v) is 14.3. The summed E-state index contributed by atoms with van der Waals surface area (Å²) in [7, 11) is 2.18. The van der Waals surface area contributed by atoms with Gasteiger partial charge in [0.05, 0.1) is 5.69 Å². The van der Waals surface area contributed by atoms with Crippen LogP contribution in [0.15, 0.2) is 24.3 Å². The second kappa shape index (κ2) is 6.40. The molecule has 0 saturated carbocycles.